The Hall–Kier alpha value is -3.35. The molecule has 0 aliphatic heterocycles. The van der Waals surface area contributed by atoms with E-state index in [-0.39, 0.29) is 5.91 Å². The van der Waals surface area contributed by atoms with Gasteiger partial charge in [0.1, 0.15) is 17.4 Å². The van der Waals surface area contributed by atoms with Crippen molar-refractivity contribution in [2.75, 3.05) is 12.4 Å². The highest BCUT2D eigenvalue weighted by Gasteiger charge is 2.21. The number of ether oxygens (including phenoxy) is 1. The van der Waals surface area contributed by atoms with Gasteiger partial charge in [0, 0.05) is 24.6 Å². The van der Waals surface area contributed by atoms with Crippen LogP contribution in [0.4, 0.5) is 5.69 Å². The molecule has 2 N–H and O–H groups in total. The fraction of sp³-hybridized carbons (Fsp3) is 0.130. The van der Waals surface area contributed by atoms with Gasteiger partial charge < -0.3 is 14.5 Å². The third kappa shape index (κ3) is 4.45. The van der Waals surface area contributed by atoms with E-state index in [9.17, 15) is 4.79 Å². The number of amides is 1. The van der Waals surface area contributed by atoms with E-state index in [1.165, 1.54) is 0 Å². The summed E-state index contributed by atoms with van der Waals surface area (Å²) in [6.45, 7) is 0.442. The monoisotopic (exact) mass is 420 g/mol. The second-order valence-corrected chi connectivity index (χ2v) is 7.17. The van der Waals surface area contributed by atoms with E-state index in [0.29, 0.717) is 23.0 Å². The second kappa shape index (κ2) is 8.98. The topological polar surface area (TPSA) is 67.7 Å². The maximum absolute atomic E-state index is 13.1. The first kappa shape index (κ1) is 19.9. The number of fused-ring (bicyclic) bond motifs is 1. The summed E-state index contributed by atoms with van der Waals surface area (Å²) in [5.74, 6) is 0.366. The van der Waals surface area contributed by atoms with Gasteiger partial charge in [-0.05, 0) is 35.9 Å². The van der Waals surface area contributed by atoms with Crippen LogP contribution in [0.15, 0.2) is 79.1 Å². The lowest BCUT2D eigenvalue weighted by molar-refractivity contribution is -0.118. The predicted molar refractivity (Wildman–Crippen MR) is 118 cm³/mol. The Kier molecular flexibility index (Phi) is 5.97. The number of hydrogen-bond donors (Lipinski definition) is 2. The van der Waals surface area contributed by atoms with Crippen LogP contribution in [0.3, 0.4) is 0 Å². The van der Waals surface area contributed by atoms with E-state index in [2.05, 4.69) is 15.6 Å². The van der Waals surface area contributed by atoms with Gasteiger partial charge in [0.25, 0.3) is 0 Å². The fourth-order valence-electron chi connectivity index (χ4n) is 3.24. The Morgan fingerprint density at radius 1 is 1.13 bits per heavy atom. The van der Waals surface area contributed by atoms with Crippen LogP contribution < -0.4 is 15.4 Å². The maximum atomic E-state index is 13.1. The molecule has 0 saturated heterocycles. The van der Waals surface area contributed by atoms with Gasteiger partial charge in [0.15, 0.2) is 0 Å². The van der Waals surface area contributed by atoms with Gasteiger partial charge in [-0.3, -0.25) is 10.1 Å². The number of carbonyl (C=O) groups is 1. The zero-order valence-corrected chi connectivity index (χ0v) is 17.1. The van der Waals surface area contributed by atoms with Crippen molar-refractivity contribution in [3.63, 3.8) is 0 Å². The minimum absolute atomic E-state index is 0.189. The van der Waals surface area contributed by atoms with Crippen molar-refractivity contribution in [3.8, 4) is 5.75 Å². The van der Waals surface area contributed by atoms with Crippen molar-refractivity contribution in [1.82, 2.24) is 14.7 Å². The van der Waals surface area contributed by atoms with Gasteiger partial charge in [-0.1, -0.05) is 48.0 Å². The Morgan fingerprint density at radius 2 is 1.93 bits per heavy atom. The van der Waals surface area contributed by atoms with Crippen LogP contribution in [0.25, 0.3) is 5.65 Å². The molecular weight excluding hydrogens is 400 g/mol. The lowest BCUT2D eigenvalue weighted by Crippen LogP contribution is -2.32. The van der Waals surface area contributed by atoms with E-state index in [1.807, 2.05) is 65.3 Å². The summed E-state index contributed by atoms with van der Waals surface area (Å²) in [4.78, 5) is 17.7. The standard InChI is InChI=1S/C23H21ClN4O2/c1-30-20-11-10-17(13-19(20)24)27-23(29)22(16-7-3-2-4-8-16)25-14-18-15-28-12-6-5-9-21(28)26-18/h2-13,15,22,25H,14H2,1H3,(H,27,29). The first-order valence-corrected chi connectivity index (χ1v) is 9.87. The van der Waals surface area contributed by atoms with Crippen LogP contribution in [0.1, 0.15) is 17.3 Å². The zero-order valence-electron chi connectivity index (χ0n) is 16.4. The average Bonchev–Trinajstić information content (AvgIpc) is 3.18. The number of anilines is 1. The molecule has 0 saturated carbocycles. The Bertz CT molecular complexity index is 1130. The van der Waals surface area contributed by atoms with E-state index in [4.69, 9.17) is 16.3 Å². The number of benzene rings is 2. The zero-order chi connectivity index (χ0) is 20.9. The molecule has 0 aliphatic carbocycles. The molecule has 0 spiro atoms. The van der Waals surface area contributed by atoms with E-state index >= 15 is 0 Å². The van der Waals surface area contributed by atoms with E-state index in [0.717, 1.165) is 16.9 Å². The molecule has 2 heterocycles. The van der Waals surface area contributed by atoms with Crippen molar-refractivity contribution in [1.29, 1.82) is 0 Å². The van der Waals surface area contributed by atoms with Crippen molar-refractivity contribution < 1.29 is 9.53 Å². The van der Waals surface area contributed by atoms with Gasteiger partial charge in [0.2, 0.25) is 5.91 Å². The molecule has 7 heteroatoms. The molecule has 0 fully saturated rings. The van der Waals surface area contributed by atoms with Gasteiger partial charge >= 0.3 is 0 Å². The Balaban J connectivity index is 1.53. The Morgan fingerprint density at radius 3 is 2.67 bits per heavy atom. The van der Waals surface area contributed by atoms with Gasteiger partial charge in [-0.25, -0.2) is 4.98 Å². The second-order valence-electron chi connectivity index (χ2n) is 6.76. The fourth-order valence-corrected chi connectivity index (χ4v) is 3.50. The minimum Gasteiger partial charge on any atom is -0.495 e. The van der Waals surface area contributed by atoms with Crippen molar-refractivity contribution >= 4 is 28.8 Å². The molecule has 2 aromatic heterocycles. The van der Waals surface area contributed by atoms with Gasteiger partial charge in [0.05, 0.1) is 17.8 Å². The summed E-state index contributed by atoms with van der Waals surface area (Å²) in [7, 11) is 1.55. The maximum Gasteiger partial charge on any atom is 0.246 e. The summed E-state index contributed by atoms with van der Waals surface area (Å²) >= 11 is 6.19. The first-order valence-electron chi connectivity index (χ1n) is 9.49. The van der Waals surface area contributed by atoms with Crippen LogP contribution >= 0.6 is 11.6 Å². The summed E-state index contributed by atoms with van der Waals surface area (Å²) in [6.07, 6.45) is 3.90. The molecule has 30 heavy (non-hydrogen) atoms. The molecule has 0 bridgehead atoms. The molecule has 1 unspecified atom stereocenters. The average molecular weight is 421 g/mol. The molecule has 6 nitrogen and oxygen atoms in total. The van der Waals surface area contributed by atoms with Crippen LogP contribution in [0, 0.1) is 0 Å². The van der Waals surface area contributed by atoms with E-state index in [1.54, 1.807) is 25.3 Å². The molecule has 1 atom stereocenters. The molecule has 0 aliphatic rings. The number of nitrogens with one attached hydrogen (secondary N) is 2. The molecule has 4 rings (SSSR count). The van der Waals surface area contributed by atoms with Crippen LogP contribution in [0.5, 0.6) is 5.75 Å². The smallest absolute Gasteiger partial charge is 0.246 e. The van der Waals surface area contributed by atoms with Crippen molar-refractivity contribution in [2.24, 2.45) is 0 Å². The number of carbonyl (C=O) groups excluding carboxylic acids is 1. The quantitative estimate of drug-likeness (QED) is 0.463. The van der Waals surface area contributed by atoms with E-state index < -0.39 is 6.04 Å². The number of methoxy groups -OCH3 is 1. The number of hydrogen-bond acceptors (Lipinski definition) is 4. The highest BCUT2D eigenvalue weighted by atomic mass is 35.5. The summed E-state index contributed by atoms with van der Waals surface area (Å²) in [5.41, 5.74) is 3.17. The summed E-state index contributed by atoms with van der Waals surface area (Å²) in [5, 5.41) is 6.69. The number of halogens is 1. The predicted octanol–water partition coefficient (Wildman–Crippen LogP) is 4.47. The molecular formula is C23H21ClN4O2. The number of pyridine rings is 1. The van der Waals surface area contributed by atoms with Gasteiger partial charge in [-0.15, -0.1) is 0 Å². The largest absolute Gasteiger partial charge is 0.495 e. The van der Waals surface area contributed by atoms with Crippen LogP contribution in [-0.2, 0) is 11.3 Å². The number of imidazole rings is 1. The minimum atomic E-state index is -0.558. The lowest BCUT2D eigenvalue weighted by atomic mass is 10.1. The number of aromatic nitrogens is 2. The molecule has 2 aromatic carbocycles. The Labute approximate surface area is 179 Å². The van der Waals surface area contributed by atoms with Crippen LogP contribution in [-0.4, -0.2) is 22.4 Å². The third-order valence-electron chi connectivity index (χ3n) is 4.72. The SMILES string of the molecule is COc1ccc(NC(=O)C(NCc2cn3ccccc3n2)c2ccccc2)cc1Cl. The normalized spacial score (nSPS) is 11.9. The van der Waals surface area contributed by atoms with Crippen LogP contribution in [0.2, 0.25) is 5.02 Å². The molecule has 0 radical (unpaired) electrons. The highest BCUT2D eigenvalue weighted by Crippen LogP contribution is 2.28. The molecule has 4 aromatic rings. The number of nitrogens with zero attached hydrogens (tertiary/aromatic N) is 2. The molecule has 1 amide bonds. The lowest BCUT2D eigenvalue weighted by Gasteiger charge is -2.19. The first-order chi connectivity index (χ1) is 14.6. The van der Waals surface area contributed by atoms with Crippen molar-refractivity contribution in [3.05, 3.63) is 95.4 Å². The van der Waals surface area contributed by atoms with Crippen molar-refractivity contribution in [2.45, 2.75) is 12.6 Å². The highest BCUT2D eigenvalue weighted by molar-refractivity contribution is 6.32. The molecule has 152 valence electrons. The third-order valence-corrected chi connectivity index (χ3v) is 5.01. The summed E-state index contributed by atoms with van der Waals surface area (Å²) < 4.78 is 7.12. The number of rotatable bonds is 7. The van der Waals surface area contributed by atoms with Gasteiger partial charge in [-0.2, -0.15) is 0 Å². The summed E-state index contributed by atoms with van der Waals surface area (Å²) in [6, 6.07) is 20.0.